The molecule has 3 nitrogen and oxygen atoms in total. The molecular weight excluding hydrogens is 294 g/mol. The second kappa shape index (κ2) is 6.23. The molecule has 0 bridgehead atoms. The van der Waals surface area contributed by atoms with E-state index in [0.717, 1.165) is 6.42 Å². The molecule has 1 fully saturated rings. The number of furan rings is 1. The van der Waals surface area contributed by atoms with Crippen molar-refractivity contribution in [2.75, 3.05) is 0 Å². The minimum Gasteiger partial charge on any atom is -0.450 e. The summed E-state index contributed by atoms with van der Waals surface area (Å²) in [6.45, 7) is 2.21. The summed E-state index contributed by atoms with van der Waals surface area (Å²) < 4.78 is 5.96. The smallest absolute Gasteiger partial charge is 0.244 e. The average molecular weight is 312 g/mol. The monoisotopic (exact) mass is 311 g/mol. The molecule has 0 saturated heterocycles. The highest BCUT2D eigenvalue weighted by Crippen LogP contribution is 2.23. The van der Waals surface area contributed by atoms with E-state index in [1.54, 1.807) is 12.1 Å². The molecule has 1 aliphatic rings. The molecule has 1 amide bonds. The van der Waals surface area contributed by atoms with E-state index in [0.29, 0.717) is 22.4 Å². The quantitative estimate of drug-likeness (QED) is 0.864. The molecule has 1 N–H and O–H groups in total. The van der Waals surface area contributed by atoms with Crippen molar-refractivity contribution in [3.05, 3.63) is 28.6 Å². The summed E-state index contributed by atoms with van der Waals surface area (Å²) in [4.78, 5) is 11.8. The molecule has 0 aromatic carbocycles. The summed E-state index contributed by atoms with van der Waals surface area (Å²) in [6.07, 6.45) is 8.01. The van der Waals surface area contributed by atoms with Gasteiger partial charge in [0, 0.05) is 12.1 Å². The lowest BCUT2D eigenvalue weighted by Crippen LogP contribution is -2.40. The summed E-state index contributed by atoms with van der Waals surface area (Å²) in [7, 11) is 0. The van der Waals surface area contributed by atoms with Gasteiger partial charge >= 0.3 is 0 Å². The first-order valence-corrected chi connectivity index (χ1v) is 7.18. The summed E-state index contributed by atoms with van der Waals surface area (Å²) in [5, 5.41) is 3.07. The maximum atomic E-state index is 11.8. The van der Waals surface area contributed by atoms with Crippen molar-refractivity contribution in [3.63, 3.8) is 0 Å². The van der Waals surface area contributed by atoms with E-state index in [9.17, 15) is 4.79 Å². The van der Waals surface area contributed by atoms with Crippen LogP contribution >= 0.6 is 15.9 Å². The highest BCUT2D eigenvalue weighted by molar-refractivity contribution is 9.10. The van der Waals surface area contributed by atoms with Crippen LogP contribution in [0.2, 0.25) is 0 Å². The highest BCUT2D eigenvalue weighted by Gasteiger charge is 2.21. The molecule has 2 unspecified atom stereocenters. The van der Waals surface area contributed by atoms with E-state index in [4.69, 9.17) is 4.42 Å². The Labute approximate surface area is 116 Å². The molecule has 1 aromatic rings. The molecule has 0 radical (unpaired) electrons. The van der Waals surface area contributed by atoms with E-state index >= 15 is 0 Å². The summed E-state index contributed by atoms with van der Waals surface area (Å²) in [6, 6.07) is 3.94. The number of rotatable bonds is 3. The highest BCUT2D eigenvalue weighted by atomic mass is 79.9. The fraction of sp³-hybridized carbons (Fsp3) is 0.500. The Balaban J connectivity index is 1.86. The molecule has 98 valence electrons. The minimum atomic E-state index is -0.0405. The summed E-state index contributed by atoms with van der Waals surface area (Å²) >= 11 is 3.23. The summed E-state index contributed by atoms with van der Waals surface area (Å²) in [5.74, 6) is 1.21. The fourth-order valence-electron chi connectivity index (χ4n) is 2.34. The van der Waals surface area contributed by atoms with E-state index < -0.39 is 0 Å². The van der Waals surface area contributed by atoms with Gasteiger partial charge in [0.2, 0.25) is 5.91 Å². The Kier molecular flexibility index (Phi) is 4.64. The van der Waals surface area contributed by atoms with Crippen molar-refractivity contribution >= 4 is 27.9 Å². The molecule has 1 heterocycles. The SMILES string of the molecule is CC1CCCCC1NC(=O)/C=C/c1ccc(Br)o1. The number of nitrogens with one attached hydrogen (secondary N) is 1. The zero-order valence-corrected chi connectivity index (χ0v) is 12.1. The number of carbonyl (C=O) groups is 1. The molecule has 0 spiro atoms. The predicted octanol–water partition coefficient (Wildman–Crippen LogP) is 3.75. The number of carbonyl (C=O) groups excluding carboxylic acids is 1. The maximum absolute atomic E-state index is 11.8. The third-order valence-electron chi connectivity index (χ3n) is 3.43. The zero-order chi connectivity index (χ0) is 13.0. The number of hydrogen-bond acceptors (Lipinski definition) is 2. The first-order valence-electron chi connectivity index (χ1n) is 6.39. The Morgan fingerprint density at radius 1 is 1.44 bits per heavy atom. The van der Waals surface area contributed by atoms with Crippen LogP contribution in [0.4, 0.5) is 0 Å². The van der Waals surface area contributed by atoms with Gasteiger partial charge in [-0.1, -0.05) is 19.8 Å². The van der Waals surface area contributed by atoms with Gasteiger partial charge in [0.15, 0.2) is 4.67 Å². The van der Waals surface area contributed by atoms with Crippen LogP contribution < -0.4 is 5.32 Å². The van der Waals surface area contributed by atoms with Gasteiger partial charge < -0.3 is 9.73 Å². The van der Waals surface area contributed by atoms with Crippen molar-refractivity contribution in [2.45, 2.75) is 38.6 Å². The summed E-state index contributed by atoms with van der Waals surface area (Å²) in [5.41, 5.74) is 0. The Morgan fingerprint density at radius 2 is 2.22 bits per heavy atom. The first kappa shape index (κ1) is 13.4. The van der Waals surface area contributed by atoms with Gasteiger partial charge in [0.05, 0.1) is 0 Å². The maximum Gasteiger partial charge on any atom is 0.244 e. The minimum absolute atomic E-state index is 0.0405. The normalized spacial score (nSPS) is 24.3. The number of halogens is 1. The Bertz CT molecular complexity index is 439. The second-order valence-corrected chi connectivity index (χ2v) is 5.63. The van der Waals surface area contributed by atoms with Crippen LogP contribution in [0.15, 0.2) is 27.3 Å². The zero-order valence-electron chi connectivity index (χ0n) is 10.5. The lowest BCUT2D eigenvalue weighted by Gasteiger charge is -2.29. The number of hydrogen-bond donors (Lipinski definition) is 1. The Hall–Kier alpha value is -1.03. The van der Waals surface area contributed by atoms with Gasteiger partial charge in [-0.15, -0.1) is 0 Å². The molecule has 2 atom stereocenters. The average Bonchev–Trinajstić information content (AvgIpc) is 2.76. The van der Waals surface area contributed by atoms with Crippen LogP contribution in [0, 0.1) is 5.92 Å². The lowest BCUT2D eigenvalue weighted by molar-refractivity contribution is -0.117. The predicted molar refractivity (Wildman–Crippen MR) is 75.0 cm³/mol. The van der Waals surface area contributed by atoms with Gasteiger partial charge in [-0.2, -0.15) is 0 Å². The van der Waals surface area contributed by atoms with E-state index in [1.807, 2.05) is 6.07 Å². The standard InChI is InChI=1S/C14H18BrNO2/c1-10-4-2-3-5-12(10)16-14(17)9-7-11-6-8-13(15)18-11/h6-10,12H,2-5H2,1H3,(H,16,17)/b9-7+. The van der Waals surface area contributed by atoms with Crippen molar-refractivity contribution in [1.29, 1.82) is 0 Å². The largest absolute Gasteiger partial charge is 0.450 e. The first-order chi connectivity index (χ1) is 8.65. The molecule has 1 aromatic heterocycles. The fourth-order valence-corrected chi connectivity index (χ4v) is 2.66. The van der Waals surface area contributed by atoms with Crippen LogP contribution in [0.5, 0.6) is 0 Å². The molecule has 18 heavy (non-hydrogen) atoms. The second-order valence-electron chi connectivity index (χ2n) is 4.85. The topological polar surface area (TPSA) is 42.2 Å². The van der Waals surface area contributed by atoms with Crippen molar-refractivity contribution in [2.24, 2.45) is 5.92 Å². The molecule has 2 rings (SSSR count). The molecule has 0 aliphatic heterocycles. The third-order valence-corrected chi connectivity index (χ3v) is 3.86. The van der Waals surface area contributed by atoms with Crippen molar-refractivity contribution in [1.82, 2.24) is 5.32 Å². The number of amides is 1. The van der Waals surface area contributed by atoms with E-state index in [2.05, 4.69) is 28.2 Å². The van der Waals surface area contributed by atoms with Gasteiger partial charge in [0.25, 0.3) is 0 Å². The third kappa shape index (κ3) is 3.73. The van der Waals surface area contributed by atoms with Gasteiger partial charge in [-0.3, -0.25) is 4.79 Å². The van der Waals surface area contributed by atoms with Gasteiger partial charge in [-0.25, -0.2) is 0 Å². The van der Waals surface area contributed by atoms with Crippen LogP contribution in [0.25, 0.3) is 6.08 Å². The Morgan fingerprint density at radius 3 is 2.89 bits per heavy atom. The van der Waals surface area contributed by atoms with Crippen molar-refractivity contribution in [3.8, 4) is 0 Å². The van der Waals surface area contributed by atoms with Gasteiger partial charge in [0.1, 0.15) is 5.76 Å². The lowest BCUT2D eigenvalue weighted by atomic mass is 9.86. The van der Waals surface area contributed by atoms with E-state index in [1.165, 1.54) is 25.3 Å². The van der Waals surface area contributed by atoms with Crippen LogP contribution in [0.3, 0.4) is 0 Å². The molecular formula is C14H18BrNO2. The van der Waals surface area contributed by atoms with E-state index in [-0.39, 0.29) is 5.91 Å². The van der Waals surface area contributed by atoms with Crippen LogP contribution in [0.1, 0.15) is 38.4 Å². The molecule has 4 heteroatoms. The van der Waals surface area contributed by atoms with Crippen LogP contribution in [-0.2, 0) is 4.79 Å². The van der Waals surface area contributed by atoms with Crippen molar-refractivity contribution < 1.29 is 9.21 Å². The molecule has 1 saturated carbocycles. The molecule has 1 aliphatic carbocycles. The van der Waals surface area contributed by atoms with Crippen LogP contribution in [-0.4, -0.2) is 11.9 Å². The van der Waals surface area contributed by atoms with Gasteiger partial charge in [-0.05, 0) is 52.9 Å².